The van der Waals surface area contributed by atoms with Gasteiger partial charge in [0.05, 0.1) is 11.7 Å². The molecular formula is C12H18FN3O3S. The molecule has 0 fully saturated rings. The van der Waals surface area contributed by atoms with Crippen LogP contribution in [0.3, 0.4) is 0 Å². The number of nitrogens with one attached hydrogen (secondary N) is 3. The maximum Gasteiger partial charge on any atom is 0.277 e. The Bertz CT molecular complexity index is 563. The van der Waals surface area contributed by atoms with Crippen LogP contribution in [0.1, 0.15) is 20.3 Å². The second-order valence-corrected chi connectivity index (χ2v) is 5.74. The topological polar surface area (TPSA) is 87.3 Å². The summed E-state index contributed by atoms with van der Waals surface area (Å²) in [6.07, 6.45) is 0.636. The average molecular weight is 303 g/mol. The minimum absolute atomic E-state index is 0.00469. The van der Waals surface area contributed by atoms with E-state index >= 15 is 0 Å². The monoisotopic (exact) mass is 303 g/mol. The Labute approximate surface area is 117 Å². The van der Waals surface area contributed by atoms with E-state index < -0.39 is 28.0 Å². The van der Waals surface area contributed by atoms with E-state index in [1.807, 2.05) is 6.92 Å². The van der Waals surface area contributed by atoms with Gasteiger partial charge in [0.1, 0.15) is 5.82 Å². The van der Waals surface area contributed by atoms with Gasteiger partial charge in [-0.2, -0.15) is 13.1 Å². The Morgan fingerprint density at radius 3 is 2.60 bits per heavy atom. The molecule has 0 heterocycles. The lowest BCUT2D eigenvalue weighted by Crippen LogP contribution is -2.46. The van der Waals surface area contributed by atoms with Crippen molar-refractivity contribution in [1.82, 2.24) is 9.44 Å². The number of halogens is 1. The van der Waals surface area contributed by atoms with Gasteiger partial charge < -0.3 is 5.32 Å². The summed E-state index contributed by atoms with van der Waals surface area (Å²) in [4.78, 5) is 11.8. The second kappa shape index (κ2) is 7.32. The number of para-hydroxylation sites is 1. The smallest absolute Gasteiger partial charge is 0.277 e. The molecular weight excluding hydrogens is 285 g/mol. The molecule has 0 aliphatic heterocycles. The molecule has 1 aromatic rings. The van der Waals surface area contributed by atoms with Gasteiger partial charge in [0.25, 0.3) is 10.2 Å². The lowest BCUT2D eigenvalue weighted by molar-refractivity contribution is -0.117. The van der Waals surface area contributed by atoms with Gasteiger partial charge in [0.2, 0.25) is 5.91 Å². The summed E-state index contributed by atoms with van der Waals surface area (Å²) in [5.41, 5.74) is 0.00469. The summed E-state index contributed by atoms with van der Waals surface area (Å²) in [7, 11) is -3.74. The molecule has 112 valence electrons. The van der Waals surface area contributed by atoms with Crippen molar-refractivity contribution >= 4 is 21.8 Å². The number of amides is 1. The summed E-state index contributed by atoms with van der Waals surface area (Å²) in [6.45, 7) is 3.47. The van der Waals surface area contributed by atoms with Crippen molar-refractivity contribution < 1.29 is 17.6 Å². The number of hydrogen-bond acceptors (Lipinski definition) is 3. The third kappa shape index (κ3) is 5.24. The molecule has 8 heteroatoms. The predicted molar refractivity (Wildman–Crippen MR) is 74.8 cm³/mol. The fraction of sp³-hybridized carbons (Fsp3) is 0.417. The van der Waals surface area contributed by atoms with Crippen molar-refractivity contribution in [1.29, 1.82) is 0 Å². The highest BCUT2D eigenvalue weighted by Gasteiger charge is 2.20. The van der Waals surface area contributed by atoms with Crippen LogP contribution in [0.4, 0.5) is 10.1 Å². The zero-order valence-electron chi connectivity index (χ0n) is 11.3. The van der Waals surface area contributed by atoms with E-state index in [-0.39, 0.29) is 12.2 Å². The van der Waals surface area contributed by atoms with Gasteiger partial charge in [0.15, 0.2) is 0 Å². The first-order valence-corrected chi connectivity index (χ1v) is 7.66. The summed E-state index contributed by atoms with van der Waals surface area (Å²) in [5.74, 6) is -1.23. The number of carbonyl (C=O) groups is 1. The van der Waals surface area contributed by atoms with Crippen LogP contribution in [0.2, 0.25) is 0 Å². The van der Waals surface area contributed by atoms with Crippen LogP contribution in [0, 0.1) is 5.82 Å². The van der Waals surface area contributed by atoms with Gasteiger partial charge in [-0.1, -0.05) is 19.1 Å². The SMILES string of the molecule is CCCNS(=O)(=O)NC(C)C(=O)Nc1ccccc1F. The van der Waals surface area contributed by atoms with Crippen LogP contribution in [0.15, 0.2) is 24.3 Å². The molecule has 6 nitrogen and oxygen atoms in total. The Hall–Kier alpha value is -1.51. The molecule has 0 saturated carbocycles. The van der Waals surface area contributed by atoms with Crippen molar-refractivity contribution in [2.75, 3.05) is 11.9 Å². The molecule has 1 amide bonds. The van der Waals surface area contributed by atoms with Gasteiger partial charge in [-0.05, 0) is 25.5 Å². The van der Waals surface area contributed by atoms with E-state index in [0.29, 0.717) is 6.42 Å². The van der Waals surface area contributed by atoms with E-state index in [9.17, 15) is 17.6 Å². The zero-order valence-corrected chi connectivity index (χ0v) is 12.1. The summed E-state index contributed by atoms with van der Waals surface area (Å²) in [5, 5.41) is 2.32. The summed E-state index contributed by atoms with van der Waals surface area (Å²) in [6, 6.07) is 4.63. The quantitative estimate of drug-likeness (QED) is 0.702. The number of rotatable bonds is 7. The number of hydrogen-bond donors (Lipinski definition) is 3. The van der Waals surface area contributed by atoms with E-state index in [0.717, 1.165) is 0 Å². The largest absolute Gasteiger partial charge is 0.322 e. The molecule has 3 N–H and O–H groups in total. The summed E-state index contributed by atoms with van der Waals surface area (Å²) < 4.78 is 40.9. The van der Waals surface area contributed by atoms with Crippen LogP contribution in [-0.4, -0.2) is 26.9 Å². The summed E-state index contributed by atoms with van der Waals surface area (Å²) >= 11 is 0. The van der Waals surface area contributed by atoms with Crippen molar-refractivity contribution in [3.63, 3.8) is 0 Å². The van der Waals surface area contributed by atoms with Crippen LogP contribution < -0.4 is 14.8 Å². The van der Waals surface area contributed by atoms with Crippen molar-refractivity contribution in [2.45, 2.75) is 26.3 Å². The minimum Gasteiger partial charge on any atom is -0.322 e. The maximum absolute atomic E-state index is 13.4. The Kier molecular flexibility index (Phi) is 6.05. The van der Waals surface area contributed by atoms with E-state index in [1.165, 1.54) is 25.1 Å². The maximum atomic E-state index is 13.4. The molecule has 1 unspecified atom stereocenters. The Balaban J connectivity index is 2.62. The first kappa shape index (κ1) is 16.5. The highest BCUT2D eigenvalue weighted by Crippen LogP contribution is 2.12. The molecule has 0 aromatic heterocycles. The van der Waals surface area contributed by atoms with Crippen molar-refractivity contribution in [2.24, 2.45) is 0 Å². The highest BCUT2D eigenvalue weighted by molar-refractivity contribution is 7.87. The third-order valence-electron chi connectivity index (χ3n) is 2.40. The molecule has 1 rings (SSSR count). The van der Waals surface area contributed by atoms with Crippen molar-refractivity contribution in [3.8, 4) is 0 Å². The third-order valence-corrected chi connectivity index (χ3v) is 3.65. The molecule has 1 aromatic carbocycles. The fourth-order valence-electron chi connectivity index (χ4n) is 1.37. The normalized spacial score (nSPS) is 12.9. The highest BCUT2D eigenvalue weighted by atomic mass is 32.2. The fourth-order valence-corrected chi connectivity index (χ4v) is 2.50. The molecule has 0 saturated heterocycles. The first-order valence-electron chi connectivity index (χ1n) is 6.18. The Morgan fingerprint density at radius 1 is 1.35 bits per heavy atom. The lowest BCUT2D eigenvalue weighted by atomic mass is 10.2. The van der Waals surface area contributed by atoms with Gasteiger partial charge >= 0.3 is 0 Å². The van der Waals surface area contributed by atoms with Crippen LogP contribution in [0.5, 0.6) is 0 Å². The second-order valence-electron chi connectivity index (χ2n) is 4.21. The van der Waals surface area contributed by atoms with Crippen LogP contribution in [-0.2, 0) is 15.0 Å². The lowest BCUT2D eigenvalue weighted by Gasteiger charge is -2.15. The molecule has 0 aliphatic carbocycles. The minimum atomic E-state index is -3.74. The van der Waals surface area contributed by atoms with Crippen molar-refractivity contribution in [3.05, 3.63) is 30.1 Å². The van der Waals surface area contributed by atoms with Gasteiger partial charge in [-0.3, -0.25) is 4.79 Å². The molecule has 0 spiro atoms. The standard InChI is InChI=1S/C12H18FN3O3S/c1-3-8-14-20(18,19)16-9(2)12(17)15-11-7-5-4-6-10(11)13/h4-7,9,14,16H,3,8H2,1-2H3,(H,15,17). The van der Waals surface area contributed by atoms with E-state index in [4.69, 9.17) is 0 Å². The number of benzene rings is 1. The van der Waals surface area contributed by atoms with Gasteiger partial charge in [-0.25, -0.2) is 9.11 Å². The molecule has 1 atom stereocenters. The molecule has 0 bridgehead atoms. The molecule has 20 heavy (non-hydrogen) atoms. The predicted octanol–water partition coefficient (Wildman–Crippen LogP) is 0.987. The van der Waals surface area contributed by atoms with Crippen LogP contribution >= 0.6 is 0 Å². The number of carbonyl (C=O) groups excluding carboxylic acids is 1. The molecule has 0 radical (unpaired) electrons. The first-order chi connectivity index (χ1) is 9.35. The van der Waals surface area contributed by atoms with Gasteiger partial charge in [0, 0.05) is 6.54 Å². The van der Waals surface area contributed by atoms with E-state index in [1.54, 1.807) is 6.07 Å². The number of anilines is 1. The van der Waals surface area contributed by atoms with E-state index in [2.05, 4.69) is 14.8 Å². The van der Waals surface area contributed by atoms with Gasteiger partial charge in [-0.15, -0.1) is 0 Å². The zero-order chi connectivity index (χ0) is 15.2. The average Bonchev–Trinajstić information content (AvgIpc) is 2.38. The van der Waals surface area contributed by atoms with Crippen LogP contribution in [0.25, 0.3) is 0 Å². The Morgan fingerprint density at radius 2 is 2.00 bits per heavy atom. The molecule has 0 aliphatic rings.